The second kappa shape index (κ2) is 8.83. The Bertz CT molecular complexity index is 356. The number of rotatable bonds is 8. The summed E-state index contributed by atoms with van der Waals surface area (Å²) in [6, 6.07) is 1.95. The van der Waals surface area contributed by atoms with Gasteiger partial charge in [0.1, 0.15) is 6.10 Å². The van der Waals surface area contributed by atoms with E-state index in [9.17, 15) is 0 Å². The van der Waals surface area contributed by atoms with Crippen LogP contribution in [-0.2, 0) is 25.9 Å². The first-order valence-electron chi connectivity index (χ1n) is 8.75. The van der Waals surface area contributed by atoms with Gasteiger partial charge in [-0.3, -0.25) is 0 Å². The summed E-state index contributed by atoms with van der Waals surface area (Å²) in [5.41, 5.74) is 0. The highest BCUT2D eigenvalue weighted by Gasteiger charge is 2.44. The quantitative estimate of drug-likeness (QED) is 0.356. The minimum Gasteiger partial charge on any atom is -0.418 e. The van der Waals surface area contributed by atoms with Crippen molar-refractivity contribution in [3.05, 3.63) is 0 Å². The zero-order valence-corrected chi connectivity index (χ0v) is 19.4. The third-order valence-electron chi connectivity index (χ3n) is 3.99. The average Bonchev–Trinajstić information content (AvgIpc) is 3.19. The van der Waals surface area contributed by atoms with Gasteiger partial charge in [-0.05, 0) is 44.7 Å². The number of hydrogen-bond donors (Lipinski definition) is 0. The van der Waals surface area contributed by atoms with Gasteiger partial charge >= 0.3 is 35.7 Å². The molecular formula is C13H32O6Si4. The summed E-state index contributed by atoms with van der Waals surface area (Å²) < 4.78 is 36.2. The van der Waals surface area contributed by atoms with Crippen LogP contribution >= 0.6 is 0 Å². The number of epoxide rings is 1. The van der Waals surface area contributed by atoms with Crippen molar-refractivity contribution in [1.29, 1.82) is 0 Å². The molecule has 0 aromatic carbocycles. The molecule has 6 nitrogen and oxygen atoms in total. The average molecular weight is 397 g/mol. The summed E-state index contributed by atoms with van der Waals surface area (Å²) in [5.74, 6) is 0. The van der Waals surface area contributed by atoms with E-state index in [4.69, 9.17) is 25.9 Å². The molecule has 2 aliphatic rings. The standard InChI is InChI=1S/C13H32O6Si4/c1-6-9-22(4)16-20(2)18-23(5,19-21(3)17-22)10-7-8-14-11-13-12-15-13/h13,20-21H,6-12H2,1-5H3. The van der Waals surface area contributed by atoms with Gasteiger partial charge in [-0.2, -0.15) is 0 Å². The summed E-state index contributed by atoms with van der Waals surface area (Å²) >= 11 is 0. The first-order chi connectivity index (χ1) is 10.8. The monoisotopic (exact) mass is 396 g/mol. The van der Waals surface area contributed by atoms with E-state index >= 15 is 0 Å². The Hall–Kier alpha value is 0.628. The number of ether oxygens (including phenoxy) is 2. The van der Waals surface area contributed by atoms with Crippen molar-refractivity contribution in [3.8, 4) is 0 Å². The predicted molar refractivity (Wildman–Crippen MR) is 98.7 cm³/mol. The highest BCUT2D eigenvalue weighted by molar-refractivity contribution is 6.85. The van der Waals surface area contributed by atoms with Crippen molar-refractivity contribution >= 4 is 35.7 Å². The van der Waals surface area contributed by atoms with Crippen LogP contribution in [0.5, 0.6) is 0 Å². The van der Waals surface area contributed by atoms with Crippen LogP contribution in [0.4, 0.5) is 0 Å². The van der Waals surface area contributed by atoms with Gasteiger partial charge in [0, 0.05) is 6.61 Å². The molecule has 10 heteroatoms. The lowest BCUT2D eigenvalue weighted by atomic mass is 10.5. The minimum absolute atomic E-state index is 0.333. The third-order valence-corrected chi connectivity index (χ3v) is 19.9. The second-order valence-corrected chi connectivity index (χ2v) is 18.3. The van der Waals surface area contributed by atoms with Crippen LogP contribution in [0.15, 0.2) is 0 Å². The van der Waals surface area contributed by atoms with Crippen LogP contribution < -0.4 is 0 Å². The maximum atomic E-state index is 6.37. The van der Waals surface area contributed by atoms with Crippen LogP contribution in [0.1, 0.15) is 19.8 Å². The van der Waals surface area contributed by atoms with Gasteiger partial charge in [0.15, 0.2) is 0 Å². The smallest absolute Gasteiger partial charge is 0.317 e. The largest absolute Gasteiger partial charge is 0.418 e. The molecule has 2 aliphatic heterocycles. The van der Waals surface area contributed by atoms with E-state index in [1.54, 1.807) is 0 Å². The zero-order valence-electron chi connectivity index (χ0n) is 15.1. The van der Waals surface area contributed by atoms with Crippen molar-refractivity contribution < 1.29 is 25.9 Å². The summed E-state index contributed by atoms with van der Waals surface area (Å²) in [6.45, 7) is 13.0. The molecule has 0 aromatic heterocycles. The molecule has 136 valence electrons. The Labute approximate surface area is 145 Å². The molecule has 0 N–H and O–H groups in total. The fourth-order valence-corrected chi connectivity index (χ4v) is 20.6. The molecular weight excluding hydrogens is 364 g/mol. The SMILES string of the molecule is CCC[Si]1(C)O[SiH](C)O[Si](C)(CCCOCC2CO2)O[SiH](C)O1. The van der Waals surface area contributed by atoms with E-state index in [1.165, 1.54) is 0 Å². The normalized spacial score (nSPS) is 41.3. The molecule has 0 spiro atoms. The van der Waals surface area contributed by atoms with Gasteiger partial charge in [-0.25, -0.2) is 0 Å². The lowest BCUT2D eigenvalue weighted by molar-refractivity contribution is 0.115. The summed E-state index contributed by atoms with van der Waals surface area (Å²) in [4.78, 5) is 0. The molecule has 0 radical (unpaired) electrons. The Kier molecular flexibility index (Phi) is 7.65. The van der Waals surface area contributed by atoms with Crippen LogP contribution in [0.3, 0.4) is 0 Å². The van der Waals surface area contributed by atoms with Crippen LogP contribution in [0, 0.1) is 0 Å². The van der Waals surface area contributed by atoms with Gasteiger partial charge in [0.2, 0.25) is 0 Å². The summed E-state index contributed by atoms with van der Waals surface area (Å²) in [5, 5.41) is 0. The van der Waals surface area contributed by atoms with E-state index in [1.807, 2.05) is 0 Å². The van der Waals surface area contributed by atoms with Crippen molar-refractivity contribution in [2.24, 2.45) is 0 Å². The minimum atomic E-state index is -2.21. The van der Waals surface area contributed by atoms with Gasteiger partial charge in [0.25, 0.3) is 0 Å². The Balaban J connectivity index is 1.81. The van der Waals surface area contributed by atoms with Crippen LogP contribution in [0.25, 0.3) is 0 Å². The third kappa shape index (κ3) is 7.18. The van der Waals surface area contributed by atoms with E-state index in [0.717, 1.165) is 38.1 Å². The molecule has 0 bridgehead atoms. The second-order valence-electron chi connectivity index (χ2n) is 6.76. The first-order valence-corrected chi connectivity index (χ1v) is 18.0. The molecule has 23 heavy (non-hydrogen) atoms. The fourth-order valence-electron chi connectivity index (χ4n) is 3.07. The topological polar surface area (TPSA) is 58.7 Å². The van der Waals surface area contributed by atoms with E-state index in [0.29, 0.717) is 12.7 Å². The van der Waals surface area contributed by atoms with Crippen molar-refractivity contribution in [3.63, 3.8) is 0 Å². The summed E-state index contributed by atoms with van der Waals surface area (Å²) in [7, 11) is -7.72. The van der Waals surface area contributed by atoms with Crippen molar-refractivity contribution in [2.75, 3.05) is 19.8 Å². The number of hydrogen-bond acceptors (Lipinski definition) is 6. The Morgan fingerprint density at radius 1 is 1.00 bits per heavy atom. The predicted octanol–water partition coefficient (Wildman–Crippen LogP) is 2.13. The Morgan fingerprint density at radius 2 is 1.52 bits per heavy atom. The maximum absolute atomic E-state index is 6.37. The molecule has 2 heterocycles. The molecule has 2 fully saturated rings. The van der Waals surface area contributed by atoms with Crippen molar-refractivity contribution in [2.45, 2.75) is 64.1 Å². The molecule has 0 saturated carbocycles. The van der Waals surface area contributed by atoms with Gasteiger partial charge in [-0.1, -0.05) is 13.3 Å². The molecule has 0 amide bonds. The molecule has 0 aliphatic carbocycles. The first kappa shape index (κ1) is 19.9. The van der Waals surface area contributed by atoms with Gasteiger partial charge < -0.3 is 25.9 Å². The van der Waals surface area contributed by atoms with Gasteiger partial charge in [-0.15, -0.1) is 0 Å². The van der Waals surface area contributed by atoms with Crippen LogP contribution in [-0.4, -0.2) is 61.6 Å². The molecule has 0 aromatic rings. The molecule has 3 unspecified atom stereocenters. The highest BCUT2D eigenvalue weighted by atomic mass is 28.5. The van der Waals surface area contributed by atoms with Crippen LogP contribution in [0.2, 0.25) is 38.3 Å². The summed E-state index contributed by atoms with van der Waals surface area (Å²) in [6.07, 6.45) is 2.38. The fraction of sp³-hybridized carbons (Fsp3) is 1.00. The Morgan fingerprint density at radius 3 is 2.00 bits per heavy atom. The van der Waals surface area contributed by atoms with E-state index < -0.39 is 35.7 Å². The lowest BCUT2D eigenvalue weighted by Gasteiger charge is -2.41. The van der Waals surface area contributed by atoms with Crippen molar-refractivity contribution in [1.82, 2.24) is 0 Å². The lowest BCUT2D eigenvalue weighted by Crippen LogP contribution is -2.57. The molecule has 2 rings (SSSR count). The molecule has 2 saturated heterocycles. The zero-order chi connectivity index (χ0) is 16.9. The molecule has 3 atom stereocenters. The maximum Gasteiger partial charge on any atom is 0.317 e. The van der Waals surface area contributed by atoms with E-state index in [-0.39, 0.29) is 0 Å². The van der Waals surface area contributed by atoms with E-state index in [2.05, 4.69) is 33.1 Å². The highest BCUT2D eigenvalue weighted by Crippen LogP contribution is 2.27. The van der Waals surface area contributed by atoms with Gasteiger partial charge in [0.05, 0.1) is 13.2 Å².